The van der Waals surface area contributed by atoms with Crippen LogP contribution in [-0.4, -0.2) is 6.09 Å². The zero-order valence-electron chi connectivity index (χ0n) is 17.6. The number of rotatable bonds is 6. The third kappa shape index (κ3) is 4.88. The lowest BCUT2D eigenvalue weighted by atomic mass is 10.00. The molecule has 0 spiro atoms. The molecule has 158 valence electrons. The zero-order valence-corrected chi connectivity index (χ0v) is 17.6. The molecule has 4 aromatic carbocycles. The molecule has 0 saturated heterocycles. The van der Waals surface area contributed by atoms with Gasteiger partial charge in [0.25, 0.3) is 0 Å². The molecule has 0 aliphatic rings. The van der Waals surface area contributed by atoms with Gasteiger partial charge in [-0.15, -0.1) is 0 Å². The van der Waals surface area contributed by atoms with Crippen molar-refractivity contribution in [2.45, 2.75) is 19.1 Å². The van der Waals surface area contributed by atoms with Crippen LogP contribution >= 0.6 is 0 Å². The van der Waals surface area contributed by atoms with Crippen LogP contribution in [0, 0.1) is 11.3 Å². The number of nitrogens with one attached hydrogen (secondary N) is 1. The van der Waals surface area contributed by atoms with E-state index in [1.54, 1.807) is 24.3 Å². The van der Waals surface area contributed by atoms with Crippen molar-refractivity contribution in [2.75, 3.05) is 0 Å². The number of para-hydroxylation sites is 1. The second-order valence-corrected chi connectivity index (χ2v) is 7.34. The van der Waals surface area contributed by atoms with Gasteiger partial charge in [-0.1, -0.05) is 72.8 Å². The maximum Gasteiger partial charge on any atom is 0.409 e. The highest BCUT2D eigenvalue weighted by atomic mass is 16.6. The zero-order chi connectivity index (χ0) is 22.3. The summed E-state index contributed by atoms with van der Waals surface area (Å²) in [5, 5.41) is 14.6. The van der Waals surface area contributed by atoms with Gasteiger partial charge in [0.05, 0.1) is 6.04 Å². The van der Waals surface area contributed by atoms with Crippen LogP contribution in [0.15, 0.2) is 97.1 Å². The normalized spacial score (nSPS) is 12.4. The number of nitrogens with zero attached hydrogens (tertiary/aromatic N) is 1. The maximum atomic E-state index is 12.6. The van der Waals surface area contributed by atoms with Crippen LogP contribution in [0.3, 0.4) is 0 Å². The molecule has 5 nitrogen and oxygen atoms in total. The van der Waals surface area contributed by atoms with Crippen LogP contribution in [0.4, 0.5) is 4.79 Å². The minimum Gasteiger partial charge on any atom is -0.457 e. The number of hydrogen-bond acceptors (Lipinski definition) is 4. The minimum absolute atomic E-state index is 0.291. The topological polar surface area (TPSA) is 71.3 Å². The first-order valence-electron chi connectivity index (χ1n) is 10.3. The van der Waals surface area contributed by atoms with Crippen molar-refractivity contribution < 1.29 is 14.3 Å². The second kappa shape index (κ2) is 9.67. The summed E-state index contributed by atoms with van der Waals surface area (Å²) in [6.07, 6.45) is -1.72. The highest BCUT2D eigenvalue weighted by Crippen LogP contribution is 2.27. The van der Waals surface area contributed by atoms with E-state index in [0.717, 1.165) is 16.3 Å². The van der Waals surface area contributed by atoms with Crippen molar-refractivity contribution in [3.05, 3.63) is 108 Å². The van der Waals surface area contributed by atoms with E-state index in [9.17, 15) is 10.1 Å². The van der Waals surface area contributed by atoms with E-state index in [2.05, 4.69) is 5.32 Å². The van der Waals surface area contributed by atoms with Gasteiger partial charge in [-0.3, -0.25) is 0 Å². The van der Waals surface area contributed by atoms with Gasteiger partial charge in [0.15, 0.2) is 0 Å². The Morgan fingerprint density at radius 3 is 2.38 bits per heavy atom. The number of fused-ring (bicyclic) bond motifs is 1. The fourth-order valence-electron chi connectivity index (χ4n) is 3.56. The van der Waals surface area contributed by atoms with Crippen LogP contribution in [-0.2, 0) is 4.74 Å². The van der Waals surface area contributed by atoms with Gasteiger partial charge < -0.3 is 14.8 Å². The number of nitriles is 1. The van der Waals surface area contributed by atoms with Crippen LogP contribution in [0.2, 0.25) is 0 Å². The fraction of sp³-hybridized carbons (Fsp3) is 0.111. The molecule has 0 heterocycles. The number of amides is 1. The van der Waals surface area contributed by atoms with Crippen LogP contribution in [0.25, 0.3) is 10.8 Å². The molecule has 0 radical (unpaired) electrons. The van der Waals surface area contributed by atoms with Gasteiger partial charge in [0, 0.05) is 5.56 Å². The van der Waals surface area contributed by atoms with Crippen molar-refractivity contribution >= 4 is 16.9 Å². The largest absolute Gasteiger partial charge is 0.457 e. The third-order valence-electron chi connectivity index (χ3n) is 5.11. The van der Waals surface area contributed by atoms with E-state index in [1.807, 2.05) is 85.8 Å². The summed E-state index contributed by atoms with van der Waals surface area (Å²) in [5.74, 6) is 1.24. The van der Waals surface area contributed by atoms with Gasteiger partial charge in [-0.25, -0.2) is 4.79 Å². The summed E-state index contributed by atoms with van der Waals surface area (Å²) < 4.78 is 11.2. The first kappa shape index (κ1) is 21.0. The number of carbonyl (C=O) groups excluding carboxylic acids is 1. The number of carbonyl (C=O) groups is 1. The van der Waals surface area contributed by atoms with Gasteiger partial charge in [-0.2, -0.15) is 5.26 Å². The Bertz CT molecular complexity index is 1260. The van der Waals surface area contributed by atoms with Crippen molar-refractivity contribution in [1.29, 1.82) is 5.26 Å². The Morgan fingerprint density at radius 1 is 0.875 bits per heavy atom. The molecule has 2 atom stereocenters. The Kier molecular flexibility index (Phi) is 6.33. The van der Waals surface area contributed by atoms with Crippen LogP contribution < -0.4 is 10.1 Å². The highest BCUT2D eigenvalue weighted by Gasteiger charge is 2.19. The molecular formula is C27H22N2O3. The molecule has 0 aromatic heterocycles. The van der Waals surface area contributed by atoms with Gasteiger partial charge in [0.2, 0.25) is 6.10 Å². The quantitative estimate of drug-likeness (QED) is 0.376. The van der Waals surface area contributed by atoms with Gasteiger partial charge in [-0.05, 0) is 47.5 Å². The molecule has 0 saturated carbocycles. The van der Waals surface area contributed by atoms with E-state index >= 15 is 0 Å². The van der Waals surface area contributed by atoms with Crippen molar-refractivity contribution in [2.24, 2.45) is 0 Å². The Morgan fingerprint density at radius 2 is 1.56 bits per heavy atom. The number of hydrogen-bond donors (Lipinski definition) is 1. The SMILES string of the molecule is C[C@H](NC(=O)O[C@H](C#N)c1cccc(Oc2ccccc2)c1)c1cccc2ccccc12. The van der Waals surface area contributed by atoms with E-state index < -0.39 is 12.2 Å². The monoisotopic (exact) mass is 422 g/mol. The molecule has 4 aromatic rings. The van der Waals surface area contributed by atoms with Crippen LogP contribution in [0.1, 0.15) is 30.2 Å². The lowest BCUT2D eigenvalue weighted by molar-refractivity contribution is 0.120. The van der Waals surface area contributed by atoms with Crippen molar-refractivity contribution in [1.82, 2.24) is 5.32 Å². The average Bonchev–Trinajstić information content (AvgIpc) is 2.83. The Balaban J connectivity index is 1.45. The molecule has 0 unspecified atom stereocenters. The van der Waals surface area contributed by atoms with E-state index in [-0.39, 0.29) is 6.04 Å². The summed E-state index contributed by atoms with van der Waals surface area (Å²) in [6, 6.07) is 32.0. The summed E-state index contributed by atoms with van der Waals surface area (Å²) >= 11 is 0. The molecule has 4 rings (SSSR count). The minimum atomic E-state index is -1.06. The fourth-order valence-corrected chi connectivity index (χ4v) is 3.56. The predicted octanol–water partition coefficient (Wildman–Crippen LogP) is 6.68. The smallest absolute Gasteiger partial charge is 0.409 e. The third-order valence-corrected chi connectivity index (χ3v) is 5.11. The van der Waals surface area contributed by atoms with E-state index in [4.69, 9.17) is 9.47 Å². The van der Waals surface area contributed by atoms with Crippen LogP contribution in [0.5, 0.6) is 11.5 Å². The van der Waals surface area contributed by atoms with Gasteiger partial charge in [0.1, 0.15) is 17.6 Å². The van der Waals surface area contributed by atoms with Gasteiger partial charge >= 0.3 is 6.09 Å². The summed E-state index contributed by atoms with van der Waals surface area (Å²) in [5.41, 5.74) is 1.51. The molecule has 1 N–H and O–H groups in total. The summed E-state index contributed by atoms with van der Waals surface area (Å²) in [7, 11) is 0. The molecule has 5 heteroatoms. The van der Waals surface area contributed by atoms with Crippen molar-refractivity contribution in [3.63, 3.8) is 0 Å². The molecule has 0 aliphatic heterocycles. The maximum absolute atomic E-state index is 12.6. The summed E-state index contributed by atoms with van der Waals surface area (Å²) in [4.78, 5) is 12.6. The lowest BCUT2D eigenvalue weighted by Gasteiger charge is -2.18. The molecule has 0 bridgehead atoms. The molecule has 32 heavy (non-hydrogen) atoms. The average molecular weight is 422 g/mol. The van der Waals surface area contributed by atoms with E-state index in [1.165, 1.54) is 0 Å². The van der Waals surface area contributed by atoms with E-state index in [0.29, 0.717) is 17.1 Å². The van der Waals surface area contributed by atoms with Crippen molar-refractivity contribution in [3.8, 4) is 17.6 Å². The Labute approximate surface area is 186 Å². The number of benzene rings is 4. The summed E-state index contributed by atoms with van der Waals surface area (Å²) in [6.45, 7) is 1.89. The molecule has 0 fully saturated rings. The predicted molar refractivity (Wildman–Crippen MR) is 123 cm³/mol. The molecule has 0 aliphatic carbocycles. The first-order valence-corrected chi connectivity index (χ1v) is 10.3. The standard InChI is InChI=1S/C27H22N2O3/c1-19(24-16-8-10-20-9-5-6-15-25(20)24)29-27(30)32-26(18-28)21-11-7-14-23(17-21)31-22-12-3-2-4-13-22/h2-17,19,26H,1H3,(H,29,30)/t19-,26+/m0/s1. The Hall–Kier alpha value is -4.30. The lowest BCUT2D eigenvalue weighted by Crippen LogP contribution is -2.28. The second-order valence-electron chi connectivity index (χ2n) is 7.34. The first-order chi connectivity index (χ1) is 15.6. The number of ether oxygens (including phenoxy) is 2. The highest BCUT2D eigenvalue weighted by molar-refractivity contribution is 5.86. The molecule has 1 amide bonds. The molecular weight excluding hydrogens is 400 g/mol. The number of alkyl carbamates (subject to hydrolysis) is 1.